The van der Waals surface area contributed by atoms with Crippen molar-refractivity contribution in [3.05, 3.63) is 40.7 Å². The van der Waals surface area contributed by atoms with Crippen molar-refractivity contribution in [2.75, 3.05) is 13.7 Å². The highest BCUT2D eigenvalue weighted by molar-refractivity contribution is 7.16. The smallest absolute Gasteiger partial charge is 0.453 e. The molecule has 0 spiro atoms. The predicted octanol–water partition coefficient (Wildman–Crippen LogP) is 2.50. The van der Waals surface area contributed by atoms with E-state index in [1.54, 1.807) is 7.11 Å². The SMILES string of the molecule is COc1ccc(CCC(=O)NCCc2nn3c(C(F)(F)F)nnc3s2)cc1. The Bertz CT molecular complexity index is 920. The summed E-state index contributed by atoms with van der Waals surface area (Å²) < 4.78 is 44.0. The molecule has 0 radical (unpaired) electrons. The Hall–Kier alpha value is -2.69. The van der Waals surface area contributed by atoms with Gasteiger partial charge in [0.2, 0.25) is 10.9 Å². The fourth-order valence-corrected chi connectivity index (χ4v) is 3.21. The number of fused-ring (bicyclic) bond motifs is 1. The van der Waals surface area contributed by atoms with Crippen LogP contribution in [0, 0.1) is 0 Å². The van der Waals surface area contributed by atoms with Crippen LogP contribution in [0.3, 0.4) is 0 Å². The van der Waals surface area contributed by atoms with E-state index in [0.29, 0.717) is 28.8 Å². The van der Waals surface area contributed by atoms with Crippen molar-refractivity contribution in [2.45, 2.75) is 25.4 Å². The number of aromatic nitrogens is 4. The van der Waals surface area contributed by atoms with Gasteiger partial charge < -0.3 is 10.1 Å². The van der Waals surface area contributed by atoms with Gasteiger partial charge in [0.15, 0.2) is 0 Å². The van der Waals surface area contributed by atoms with Crippen LogP contribution in [0.1, 0.15) is 22.8 Å². The average Bonchev–Trinajstić information content (AvgIpc) is 3.20. The fourth-order valence-electron chi connectivity index (χ4n) is 2.38. The van der Waals surface area contributed by atoms with Crippen LogP contribution in [-0.2, 0) is 23.8 Å². The lowest BCUT2D eigenvalue weighted by molar-refractivity contribution is -0.146. The third kappa shape index (κ3) is 4.73. The summed E-state index contributed by atoms with van der Waals surface area (Å²) in [5.74, 6) is -0.532. The van der Waals surface area contributed by atoms with Gasteiger partial charge in [0.05, 0.1) is 7.11 Å². The van der Waals surface area contributed by atoms with Crippen molar-refractivity contribution >= 4 is 22.2 Å². The number of ether oxygens (including phenoxy) is 1. The summed E-state index contributed by atoms with van der Waals surface area (Å²) in [6.45, 7) is 0.285. The number of hydrogen-bond acceptors (Lipinski definition) is 6. The van der Waals surface area contributed by atoms with Gasteiger partial charge in [0.1, 0.15) is 10.8 Å². The van der Waals surface area contributed by atoms with E-state index in [2.05, 4.69) is 20.6 Å². The zero-order valence-corrected chi connectivity index (χ0v) is 15.1. The van der Waals surface area contributed by atoms with Crippen LogP contribution in [0.5, 0.6) is 5.75 Å². The molecule has 1 amide bonds. The molecule has 0 bridgehead atoms. The van der Waals surface area contributed by atoms with Crippen LogP contribution in [0.15, 0.2) is 24.3 Å². The minimum absolute atomic E-state index is 0.0724. The number of hydrogen-bond donors (Lipinski definition) is 1. The summed E-state index contributed by atoms with van der Waals surface area (Å²) >= 11 is 1.01. The Morgan fingerprint density at radius 3 is 2.63 bits per heavy atom. The molecule has 0 aliphatic carbocycles. The topological polar surface area (TPSA) is 81.4 Å². The molecule has 1 N–H and O–H groups in total. The Balaban J connectivity index is 1.47. The second kappa shape index (κ2) is 7.91. The lowest BCUT2D eigenvalue weighted by Crippen LogP contribution is -2.25. The normalized spacial score (nSPS) is 11.7. The van der Waals surface area contributed by atoms with Crippen molar-refractivity contribution in [2.24, 2.45) is 0 Å². The van der Waals surface area contributed by atoms with E-state index in [1.165, 1.54) is 0 Å². The maximum Gasteiger partial charge on any atom is 0.453 e. The summed E-state index contributed by atoms with van der Waals surface area (Å²) in [6, 6.07) is 7.44. The first-order valence-corrected chi connectivity index (χ1v) is 8.86. The van der Waals surface area contributed by atoms with Crippen LogP contribution < -0.4 is 10.1 Å². The Labute approximate surface area is 156 Å². The molecule has 0 unspecified atom stereocenters. The van der Waals surface area contributed by atoms with E-state index >= 15 is 0 Å². The molecule has 0 atom stereocenters. The van der Waals surface area contributed by atoms with E-state index in [9.17, 15) is 18.0 Å². The van der Waals surface area contributed by atoms with Crippen molar-refractivity contribution in [1.29, 1.82) is 0 Å². The Kier molecular flexibility index (Phi) is 5.59. The van der Waals surface area contributed by atoms with Gasteiger partial charge in [-0.1, -0.05) is 23.5 Å². The lowest BCUT2D eigenvalue weighted by Gasteiger charge is -2.05. The van der Waals surface area contributed by atoms with Gasteiger partial charge in [-0.15, -0.1) is 10.2 Å². The number of benzene rings is 1. The molecule has 144 valence electrons. The van der Waals surface area contributed by atoms with Gasteiger partial charge >= 0.3 is 6.18 Å². The van der Waals surface area contributed by atoms with Gasteiger partial charge in [-0.3, -0.25) is 4.79 Å². The number of nitrogens with one attached hydrogen (secondary N) is 1. The number of rotatable bonds is 7. The molecule has 3 rings (SSSR count). The van der Waals surface area contributed by atoms with Gasteiger partial charge in [0, 0.05) is 19.4 Å². The zero-order chi connectivity index (χ0) is 19.4. The number of methoxy groups -OCH3 is 1. The maximum atomic E-state index is 12.8. The summed E-state index contributed by atoms with van der Waals surface area (Å²) in [7, 11) is 1.59. The number of alkyl halides is 3. The first-order chi connectivity index (χ1) is 12.9. The molecule has 1 aromatic carbocycles. The third-order valence-corrected chi connectivity index (χ3v) is 4.71. The molecule has 0 aliphatic rings. The highest BCUT2D eigenvalue weighted by atomic mass is 32.1. The van der Waals surface area contributed by atoms with Crippen molar-refractivity contribution in [1.82, 2.24) is 25.1 Å². The Morgan fingerprint density at radius 2 is 1.96 bits per heavy atom. The quantitative estimate of drug-likeness (QED) is 0.660. The number of aryl methyl sites for hydroxylation is 1. The molecule has 0 fully saturated rings. The standard InChI is InChI=1S/C16H16F3N5O2S/c1-26-11-5-2-10(3-6-11)4-7-12(25)20-9-8-13-23-24-14(16(17,18)19)21-22-15(24)27-13/h2-3,5-6H,4,7-9H2,1H3,(H,20,25). The summed E-state index contributed by atoms with van der Waals surface area (Å²) in [5.41, 5.74) is 1.01. The van der Waals surface area contributed by atoms with E-state index in [4.69, 9.17) is 4.74 Å². The minimum atomic E-state index is -4.61. The maximum absolute atomic E-state index is 12.8. The van der Waals surface area contributed by atoms with E-state index in [0.717, 1.165) is 22.6 Å². The Morgan fingerprint density at radius 1 is 1.22 bits per heavy atom. The molecule has 0 saturated carbocycles. The molecule has 7 nitrogen and oxygen atoms in total. The van der Waals surface area contributed by atoms with Crippen molar-refractivity contribution in [3.63, 3.8) is 0 Å². The van der Waals surface area contributed by atoms with Gasteiger partial charge in [0.25, 0.3) is 5.82 Å². The van der Waals surface area contributed by atoms with Crippen LogP contribution >= 0.6 is 11.3 Å². The third-order valence-electron chi connectivity index (χ3n) is 3.75. The van der Waals surface area contributed by atoms with Gasteiger partial charge in [-0.05, 0) is 24.1 Å². The van der Waals surface area contributed by atoms with E-state index < -0.39 is 12.0 Å². The van der Waals surface area contributed by atoms with E-state index in [1.807, 2.05) is 24.3 Å². The predicted molar refractivity (Wildman–Crippen MR) is 91.7 cm³/mol. The first kappa shape index (κ1) is 19.1. The highest BCUT2D eigenvalue weighted by Crippen LogP contribution is 2.28. The van der Waals surface area contributed by atoms with Gasteiger partial charge in [-0.2, -0.15) is 22.8 Å². The summed E-state index contributed by atoms with van der Waals surface area (Å²) in [5, 5.41) is 13.6. The first-order valence-electron chi connectivity index (χ1n) is 8.05. The van der Waals surface area contributed by atoms with Crippen molar-refractivity contribution < 1.29 is 22.7 Å². The molecule has 27 heavy (non-hydrogen) atoms. The molecule has 11 heteroatoms. The molecule has 0 saturated heterocycles. The monoisotopic (exact) mass is 399 g/mol. The second-order valence-electron chi connectivity index (χ2n) is 5.66. The summed E-state index contributed by atoms with van der Waals surface area (Å²) in [6.07, 6.45) is -3.39. The van der Waals surface area contributed by atoms with Crippen LogP contribution in [0.25, 0.3) is 4.96 Å². The number of nitrogens with zero attached hydrogens (tertiary/aromatic N) is 4. The minimum Gasteiger partial charge on any atom is -0.497 e. The van der Waals surface area contributed by atoms with Gasteiger partial charge in [-0.25, -0.2) is 0 Å². The van der Waals surface area contributed by atoms with Crippen LogP contribution in [0.2, 0.25) is 0 Å². The second-order valence-corrected chi connectivity index (χ2v) is 6.70. The zero-order valence-electron chi connectivity index (χ0n) is 14.3. The molecular formula is C16H16F3N5O2S. The van der Waals surface area contributed by atoms with Crippen LogP contribution in [-0.4, -0.2) is 39.4 Å². The number of carbonyl (C=O) groups excluding carboxylic acids is 1. The highest BCUT2D eigenvalue weighted by Gasteiger charge is 2.38. The molecule has 0 aliphatic heterocycles. The number of amides is 1. The molecule has 2 heterocycles. The molecule has 3 aromatic rings. The fraction of sp³-hybridized carbons (Fsp3) is 0.375. The average molecular weight is 399 g/mol. The van der Waals surface area contributed by atoms with E-state index in [-0.39, 0.29) is 17.4 Å². The summed E-state index contributed by atoms with van der Waals surface area (Å²) in [4.78, 5) is 12.0. The van der Waals surface area contributed by atoms with Crippen molar-refractivity contribution in [3.8, 4) is 5.75 Å². The number of halogens is 3. The molecule has 2 aromatic heterocycles. The van der Waals surface area contributed by atoms with Crippen LogP contribution in [0.4, 0.5) is 13.2 Å². The molecular weight excluding hydrogens is 383 g/mol. The number of carbonyl (C=O) groups is 1. The lowest BCUT2D eigenvalue weighted by atomic mass is 10.1. The largest absolute Gasteiger partial charge is 0.497 e.